The molecule has 2 heterocycles. The number of nitrogens with one attached hydrogen (secondary N) is 2. The number of thiol groups is 1. The average Bonchev–Trinajstić information content (AvgIpc) is 2.74. The normalized spacial score (nSPS) is 13.0. The lowest BCUT2D eigenvalue weighted by Gasteiger charge is -2.12. The molecule has 1 unspecified atom stereocenters. The molecule has 1 atom stereocenters. The summed E-state index contributed by atoms with van der Waals surface area (Å²) in [5.41, 5.74) is -2.29. The van der Waals surface area contributed by atoms with E-state index in [0.29, 0.717) is 3.97 Å². The van der Waals surface area contributed by atoms with E-state index in [1.165, 1.54) is 0 Å². The number of hydrogen-bond acceptors (Lipinski definition) is 6. The summed E-state index contributed by atoms with van der Waals surface area (Å²) < 4.78 is 1.56. The molecule has 0 saturated heterocycles. The largest absolute Gasteiger partial charge is 0.396 e. The highest BCUT2D eigenvalue weighted by atomic mass is 32.1. The van der Waals surface area contributed by atoms with Gasteiger partial charge in [0.05, 0.1) is 12.6 Å². The lowest BCUT2D eigenvalue weighted by molar-refractivity contribution is 0.116. The number of aromatic nitrogens is 4. The molecule has 0 fully saturated rings. The Bertz CT molecular complexity index is 769. The molecule has 104 valence electrons. The van der Waals surface area contributed by atoms with Gasteiger partial charge in [-0.15, -0.1) is 0 Å². The van der Waals surface area contributed by atoms with Crippen LogP contribution in [-0.4, -0.2) is 41.4 Å². The summed E-state index contributed by atoms with van der Waals surface area (Å²) in [4.78, 5) is 39.4. The predicted molar refractivity (Wildman–Crippen MR) is 69.5 cm³/mol. The fraction of sp³-hybridized carbons (Fsp3) is 0.444. The van der Waals surface area contributed by atoms with Crippen LogP contribution in [0, 0.1) is 0 Å². The molecule has 4 N–H and O–H groups in total. The number of aliphatic hydroxyl groups is 2. The summed E-state index contributed by atoms with van der Waals surface area (Å²) in [6, 6.07) is 0. The maximum Gasteiger partial charge on any atom is 0.342 e. The van der Waals surface area contributed by atoms with E-state index in [-0.39, 0.29) is 30.7 Å². The van der Waals surface area contributed by atoms with Crippen LogP contribution in [0.25, 0.3) is 11.2 Å². The fourth-order valence-corrected chi connectivity index (χ4v) is 1.96. The predicted octanol–water partition coefficient (Wildman–Crippen LogP) is -2.38. The van der Waals surface area contributed by atoms with E-state index < -0.39 is 23.0 Å². The topological polar surface area (TPSA) is 133 Å². The quantitative estimate of drug-likeness (QED) is 0.401. The molecular formula is C9H12N4O5S. The van der Waals surface area contributed by atoms with Crippen molar-refractivity contribution in [3.8, 4) is 0 Å². The van der Waals surface area contributed by atoms with Crippen molar-refractivity contribution in [2.24, 2.45) is 0 Å². The highest BCUT2D eigenvalue weighted by Crippen LogP contribution is 2.02. The van der Waals surface area contributed by atoms with Gasteiger partial charge in [0.2, 0.25) is 0 Å². The molecule has 0 spiro atoms. The van der Waals surface area contributed by atoms with E-state index in [9.17, 15) is 19.5 Å². The van der Waals surface area contributed by atoms with Gasteiger partial charge in [-0.2, -0.15) is 0 Å². The summed E-state index contributed by atoms with van der Waals surface area (Å²) in [7, 11) is 0. The van der Waals surface area contributed by atoms with E-state index in [0.717, 1.165) is 4.57 Å². The standard InChI is InChI=1S/C9H12N4O5S/c14-2-1-4(15)3-12-6-5(10-8(17)11-6)7(16)13(19)9(12)18/h4,14-15,19H,1-3H2,(H2,10,11,17). The zero-order valence-corrected chi connectivity index (χ0v) is 10.6. The van der Waals surface area contributed by atoms with Gasteiger partial charge in [-0.1, -0.05) is 12.8 Å². The van der Waals surface area contributed by atoms with Gasteiger partial charge in [0, 0.05) is 6.61 Å². The summed E-state index contributed by atoms with van der Waals surface area (Å²) >= 11 is 3.74. The Morgan fingerprint density at radius 1 is 1.26 bits per heavy atom. The van der Waals surface area contributed by atoms with Gasteiger partial charge in [-0.3, -0.25) is 19.3 Å². The van der Waals surface area contributed by atoms with E-state index in [4.69, 9.17) is 5.11 Å². The van der Waals surface area contributed by atoms with Crippen molar-refractivity contribution >= 4 is 24.0 Å². The van der Waals surface area contributed by atoms with Gasteiger partial charge in [-0.05, 0) is 6.42 Å². The molecule has 0 aromatic carbocycles. The molecule has 0 bridgehead atoms. The van der Waals surface area contributed by atoms with E-state index in [2.05, 4.69) is 22.8 Å². The zero-order chi connectivity index (χ0) is 14.2. The molecule has 0 amide bonds. The van der Waals surface area contributed by atoms with Gasteiger partial charge >= 0.3 is 11.4 Å². The molecule has 0 aliphatic rings. The van der Waals surface area contributed by atoms with Crippen LogP contribution in [0.1, 0.15) is 6.42 Å². The molecule has 0 radical (unpaired) electrons. The van der Waals surface area contributed by atoms with E-state index in [1.807, 2.05) is 0 Å². The summed E-state index contributed by atoms with van der Waals surface area (Å²) in [5, 5.41) is 18.3. The van der Waals surface area contributed by atoms with Crippen molar-refractivity contribution < 1.29 is 10.2 Å². The molecular weight excluding hydrogens is 276 g/mol. The maximum atomic E-state index is 11.9. The molecule has 2 aromatic rings. The van der Waals surface area contributed by atoms with E-state index in [1.54, 1.807) is 0 Å². The lowest BCUT2D eigenvalue weighted by Crippen LogP contribution is -2.38. The average molecular weight is 288 g/mol. The van der Waals surface area contributed by atoms with Crippen LogP contribution < -0.4 is 16.9 Å². The van der Waals surface area contributed by atoms with Crippen molar-refractivity contribution in [2.75, 3.05) is 6.61 Å². The number of nitrogens with zero attached hydrogens (tertiary/aromatic N) is 2. The Kier molecular flexibility index (Phi) is 3.64. The number of imidazole rings is 1. The minimum atomic E-state index is -0.991. The van der Waals surface area contributed by atoms with Crippen LogP contribution >= 0.6 is 12.8 Å². The Morgan fingerprint density at radius 2 is 1.95 bits per heavy atom. The van der Waals surface area contributed by atoms with Crippen LogP contribution in [0.4, 0.5) is 0 Å². The second kappa shape index (κ2) is 5.07. The Morgan fingerprint density at radius 3 is 2.58 bits per heavy atom. The third-order valence-corrected chi connectivity index (χ3v) is 3.00. The summed E-state index contributed by atoms with van der Waals surface area (Å²) in [5.74, 6) is 0. The number of aliphatic hydroxyl groups excluding tert-OH is 2. The Labute approximate surface area is 110 Å². The van der Waals surface area contributed by atoms with Crippen molar-refractivity contribution in [1.29, 1.82) is 0 Å². The highest BCUT2D eigenvalue weighted by Gasteiger charge is 2.16. The number of fused-ring (bicyclic) bond motifs is 1. The molecule has 19 heavy (non-hydrogen) atoms. The van der Waals surface area contributed by atoms with Crippen molar-refractivity contribution in [2.45, 2.75) is 19.1 Å². The SMILES string of the molecule is O=c1[nH]c2c(=O)n(S)c(=O)n(CC(O)CCO)c2[nH]1. The summed E-state index contributed by atoms with van der Waals surface area (Å²) in [6.45, 7) is -0.423. The molecule has 2 rings (SSSR count). The number of aromatic amines is 2. The second-order valence-electron chi connectivity index (χ2n) is 3.98. The Hall–Kier alpha value is -1.78. The molecule has 10 heteroatoms. The molecule has 0 aliphatic carbocycles. The van der Waals surface area contributed by atoms with Gasteiger partial charge in [0.15, 0.2) is 5.52 Å². The first-order valence-electron chi connectivity index (χ1n) is 5.41. The Balaban J connectivity index is 2.69. The maximum absolute atomic E-state index is 11.9. The molecule has 2 aromatic heterocycles. The molecule has 9 nitrogen and oxygen atoms in total. The first-order valence-corrected chi connectivity index (χ1v) is 5.81. The van der Waals surface area contributed by atoms with Crippen LogP contribution in [0.5, 0.6) is 0 Å². The highest BCUT2D eigenvalue weighted by molar-refractivity contribution is 7.78. The zero-order valence-electron chi connectivity index (χ0n) is 9.66. The number of rotatable bonds is 4. The van der Waals surface area contributed by atoms with Crippen LogP contribution in [0.15, 0.2) is 14.4 Å². The van der Waals surface area contributed by atoms with Crippen LogP contribution in [0.2, 0.25) is 0 Å². The first kappa shape index (κ1) is 13.6. The minimum Gasteiger partial charge on any atom is -0.396 e. The number of H-pyrrole nitrogens is 2. The van der Waals surface area contributed by atoms with Gasteiger partial charge < -0.3 is 10.2 Å². The smallest absolute Gasteiger partial charge is 0.342 e. The van der Waals surface area contributed by atoms with Crippen molar-refractivity contribution in [3.63, 3.8) is 0 Å². The first-order chi connectivity index (χ1) is 8.95. The molecule has 0 aliphatic heterocycles. The van der Waals surface area contributed by atoms with Gasteiger partial charge in [0.25, 0.3) is 5.56 Å². The van der Waals surface area contributed by atoms with Crippen LogP contribution in [-0.2, 0) is 6.54 Å². The second-order valence-corrected chi connectivity index (χ2v) is 4.38. The van der Waals surface area contributed by atoms with Crippen molar-refractivity contribution in [1.82, 2.24) is 18.5 Å². The molecule has 0 saturated carbocycles. The van der Waals surface area contributed by atoms with Crippen LogP contribution in [0.3, 0.4) is 0 Å². The van der Waals surface area contributed by atoms with E-state index >= 15 is 0 Å². The minimum absolute atomic E-state index is 0.0118. The van der Waals surface area contributed by atoms with Gasteiger partial charge in [-0.25, -0.2) is 13.6 Å². The number of hydrogen-bond donors (Lipinski definition) is 5. The third-order valence-electron chi connectivity index (χ3n) is 2.65. The monoisotopic (exact) mass is 288 g/mol. The fourth-order valence-electron chi connectivity index (χ4n) is 1.75. The van der Waals surface area contributed by atoms with Crippen molar-refractivity contribution in [3.05, 3.63) is 31.3 Å². The lowest BCUT2D eigenvalue weighted by atomic mass is 10.2. The summed E-state index contributed by atoms with van der Waals surface area (Å²) in [6.07, 6.45) is -0.927. The third kappa shape index (κ3) is 2.37. The van der Waals surface area contributed by atoms with Gasteiger partial charge in [0.1, 0.15) is 5.65 Å².